The number of carbonyl (C=O) groups is 2. The van der Waals surface area contributed by atoms with Crippen LogP contribution in [0.4, 0.5) is 0 Å². The molecule has 0 amide bonds. The van der Waals surface area contributed by atoms with Crippen molar-refractivity contribution in [1.82, 2.24) is 0 Å². The van der Waals surface area contributed by atoms with Crippen molar-refractivity contribution in [3.8, 4) is 0 Å². The minimum atomic E-state index is -0.292. The van der Waals surface area contributed by atoms with E-state index in [1.165, 1.54) is 0 Å². The molecule has 0 aromatic carbocycles. The molecule has 0 aliphatic carbocycles. The van der Waals surface area contributed by atoms with Gasteiger partial charge in [-0.15, -0.1) is 0 Å². The van der Waals surface area contributed by atoms with Gasteiger partial charge in [0.15, 0.2) is 0 Å². The van der Waals surface area contributed by atoms with Crippen LogP contribution in [-0.2, 0) is 9.59 Å². The van der Waals surface area contributed by atoms with E-state index in [1.807, 2.05) is 0 Å². The van der Waals surface area contributed by atoms with Gasteiger partial charge in [-0.2, -0.15) is 0 Å². The fourth-order valence-corrected chi connectivity index (χ4v) is 1.82. The molecular weight excluding hydrogens is 159 g/mol. The summed E-state index contributed by atoms with van der Waals surface area (Å²) in [6.45, 7) is 0. The van der Waals surface area contributed by atoms with E-state index < -0.39 is 0 Å². The molecule has 1 rings (SSSR count). The summed E-state index contributed by atoms with van der Waals surface area (Å²) in [5, 5.41) is 0. The summed E-state index contributed by atoms with van der Waals surface area (Å²) in [5.41, 5.74) is 0. The number of rotatable bonds is 0. The number of carbonyl (C=O) groups excluding carboxylic acids is 2. The van der Waals surface area contributed by atoms with Crippen molar-refractivity contribution >= 4 is 24.3 Å². The Morgan fingerprint density at radius 2 is 1.57 bits per heavy atom. The molecule has 0 saturated carbocycles. The molecule has 38 valence electrons. The van der Waals surface area contributed by atoms with Crippen molar-refractivity contribution in [2.24, 2.45) is 0 Å². The molecule has 7 heavy (non-hydrogen) atoms. The first-order valence-electron chi connectivity index (χ1n) is 2.02. The van der Waals surface area contributed by atoms with Crippen LogP contribution in [0.15, 0.2) is 0 Å². The summed E-state index contributed by atoms with van der Waals surface area (Å²) in [4.78, 5) is 20.5. The van der Waals surface area contributed by atoms with Gasteiger partial charge in [-0.1, -0.05) is 0 Å². The van der Waals surface area contributed by atoms with Crippen LogP contribution in [0.2, 0.25) is 0 Å². The van der Waals surface area contributed by atoms with Crippen LogP contribution >= 0.6 is 0 Å². The topological polar surface area (TPSA) is 34.1 Å². The van der Waals surface area contributed by atoms with Gasteiger partial charge in [0.1, 0.15) is 0 Å². The van der Waals surface area contributed by atoms with E-state index in [-0.39, 0.29) is 24.3 Å². The summed E-state index contributed by atoms with van der Waals surface area (Å²) in [6, 6.07) is 0. The Morgan fingerprint density at radius 3 is 1.71 bits per heavy atom. The summed E-state index contributed by atoms with van der Waals surface area (Å²) in [7, 11) is 0. The molecule has 1 heterocycles. The summed E-state index contributed by atoms with van der Waals surface area (Å²) in [5.74, 6) is 0. The summed E-state index contributed by atoms with van der Waals surface area (Å²) in [6.07, 6.45) is 1.03. The third kappa shape index (κ3) is 1.11. The number of hydrogen-bond acceptors (Lipinski definition) is 2. The van der Waals surface area contributed by atoms with Gasteiger partial charge in [-0.05, 0) is 0 Å². The van der Waals surface area contributed by atoms with Gasteiger partial charge in [0.2, 0.25) is 0 Å². The zero-order valence-corrected chi connectivity index (χ0v) is 5.35. The van der Waals surface area contributed by atoms with E-state index in [9.17, 15) is 9.59 Å². The molecule has 1 fully saturated rings. The number of hydrogen-bond donors (Lipinski definition) is 0. The normalized spacial score (nSPS) is 21.1. The van der Waals surface area contributed by atoms with Crippen molar-refractivity contribution in [2.75, 3.05) is 0 Å². The van der Waals surface area contributed by atoms with Gasteiger partial charge in [0, 0.05) is 0 Å². The molecule has 0 atom stereocenters. The molecule has 3 heteroatoms. The standard InChI is InChI=1S/C4H4O2Se/c5-3-1-2-4(6)7-3/h1-2H2. The first-order valence-corrected chi connectivity index (χ1v) is 3.74. The van der Waals surface area contributed by atoms with E-state index in [4.69, 9.17) is 0 Å². The predicted molar refractivity (Wildman–Crippen MR) is 25.0 cm³/mol. The Balaban J connectivity index is 2.55. The van der Waals surface area contributed by atoms with Gasteiger partial charge in [0.05, 0.1) is 0 Å². The average molecular weight is 163 g/mol. The summed E-state index contributed by atoms with van der Waals surface area (Å²) >= 11 is -0.292. The molecule has 2 nitrogen and oxygen atoms in total. The van der Waals surface area contributed by atoms with E-state index in [2.05, 4.69) is 0 Å². The van der Waals surface area contributed by atoms with E-state index in [0.29, 0.717) is 12.8 Å². The van der Waals surface area contributed by atoms with Crippen molar-refractivity contribution in [2.45, 2.75) is 12.8 Å². The zero-order chi connectivity index (χ0) is 5.28. The Hall–Kier alpha value is -0.141. The Bertz CT molecular complexity index is 105. The molecule has 0 unspecified atom stereocenters. The van der Waals surface area contributed by atoms with Crippen LogP contribution in [-0.4, -0.2) is 24.3 Å². The van der Waals surface area contributed by atoms with Crippen molar-refractivity contribution in [1.29, 1.82) is 0 Å². The van der Waals surface area contributed by atoms with E-state index in [0.717, 1.165) is 0 Å². The van der Waals surface area contributed by atoms with Crippen molar-refractivity contribution < 1.29 is 9.59 Å². The predicted octanol–water partition coefficient (Wildman–Crippen LogP) is -0.462. The molecule has 1 aliphatic heterocycles. The van der Waals surface area contributed by atoms with Crippen molar-refractivity contribution in [3.63, 3.8) is 0 Å². The van der Waals surface area contributed by atoms with Crippen LogP contribution in [0.5, 0.6) is 0 Å². The first-order chi connectivity index (χ1) is 3.29. The maximum absolute atomic E-state index is 10.3. The minimum absolute atomic E-state index is 0.164. The van der Waals surface area contributed by atoms with Gasteiger partial charge < -0.3 is 0 Å². The second-order valence-electron chi connectivity index (χ2n) is 1.35. The van der Waals surface area contributed by atoms with Gasteiger partial charge in [-0.25, -0.2) is 0 Å². The molecular formula is C4H4O2Se. The Labute approximate surface area is 47.4 Å². The maximum atomic E-state index is 10.3. The third-order valence-corrected chi connectivity index (χ3v) is 2.57. The molecule has 0 radical (unpaired) electrons. The molecule has 0 bridgehead atoms. The van der Waals surface area contributed by atoms with Gasteiger partial charge >= 0.3 is 46.8 Å². The molecule has 1 aliphatic rings. The second-order valence-corrected chi connectivity index (χ2v) is 3.69. The van der Waals surface area contributed by atoms with Crippen LogP contribution < -0.4 is 0 Å². The van der Waals surface area contributed by atoms with Crippen LogP contribution in [0.3, 0.4) is 0 Å². The molecule has 0 N–H and O–H groups in total. The van der Waals surface area contributed by atoms with Gasteiger partial charge in [0.25, 0.3) is 0 Å². The second kappa shape index (κ2) is 1.76. The van der Waals surface area contributed by atoms with E-state index >= 15 is 0 Å². The molecule has 0 spiro atoms. The summed E-state index contributed by atoms with van der Waals surface area (Å²) < 4.78 is 0.329. The van der Waals surface area contributed by atoms with Crippen LogP contribution in [0.25, 0.3) is 0 Å². The van der Waals surface area contributed by atoms with Crippen molar-refractivity contribution in [3.05, 3.63) is 0 Å². The quantitative estimate of drug-likeness (QED) is 0.452. The SMILES string of the molecule is O=C1CCC(=O)[Se]1. The molecule has 0 aromatic heterocycles. The Morgan fingerprint density at radius 1 is 1.14 bits per heavy atom. The van der Waals surface area contributed by atoms with E-state index in [1.54, 1.807) is 0 Å². The third-order valence-electron chi connectivity index (χ3n) is 0.761. The Kier molecular flexibility index (Phi) is 1.26. The van der Waals surface area contributed by atoms with Gasteiger partial charge in [-0.3, -0.25) is 0 Å². The molecule has 0 aromatic rings. The average Bonchev–Trinajstić information content (AvgIpc) is 1.87. The monoisotopic (exact) mass is 164 g/mol. The van der Waals surface area contributed by atoms with Crippen LogP contribution in [0.1, 0.15) is 12.8 Å². The van der Waals surface area contributed by atoms with Crippen LogP contribution in [0, 0.1) is 0 Å². The fraction of sp³-hybridized carbons (Fsp3) is 0.500. The first kappa shape index (κ1) is 5.01. The molecule has 1 saturated heterocycles. The fourth-order valence-electron chi connectivity index (χ4n) is 0.433. The zero-order valence-electron chi connectivity index (χ0n) is 3.64.